The van der Waals surface area contributed by atoms with E-state index in [9.17, 15) is 0 Å². The molecule has 0 saturated carbocycles. The van der Waals surface area contributed by atoms with Crippen LogP contribution in [0.2, 0.25) is 0 Å². The summed E-state index contributed by atoms with van der Waals surface area (Å²) in [5.74, 6) is 0. The minimum atomic E-state index is 0. The molecular weight excluding hydrogens is 841 g/mol. The maximum absolute atomic E-state index is 2.33. The minimum absolute atomic E-state index is 0. The first-order chi connectivity index (χ1) is 32.9. The molecular formula is C70H90. The number of hydrogen-bond acceptors (Lipinski definition) is 0. The van der Waals surface area contributed by atoms with Crippen molar-refractivity contribution in [2.75, 3.05) is 0 Å². The Morgan fingerprint density at radius 1 is 0.343 bits per heavy atom. The van der Waals surface area contributed by atoms with Crippen molar-refractivity contribution in [2.24, 2.45) is 5.41 Å². The normalized spacial score (nSPS) is 10.6. The lowest BCUT2D eigenvalue weighted by atomic mass is 9.82. The number of benzene rings is 9. The van der Waals surface area contributed by atoms with E-state index in [-0.39, 0.29) is 12.8 Å². The van der Waals surface area contributed by atoms with Gasteiger partial charge in [-0.05, 0) is 96.3 Å². The smallest absolute Gasteiger partial charge is 0.0158 e. The number of rotatable bonds is 0. The predicted molar refractivity (Wildman–Crippen MR) is 319 cm³/mol. The predicted octanol–water partition coefficient (Wildman–Crippen LogP) is 21.7. The van der Waals surface area contributed by atoms with E-state index in [0.717, 1.165) is 0 Å². The van der Waals surface area contributed by atoms with Gasteiger partial charge in [0.15, 0.2) is 0 Å². The fourth-order valence-corrected chi connectivity index (χ4v) is 7.12. The Morgan fingerprint density at radius 2 is 0.700 bits per heavy atom. The maximum Gasteiger partial charge on any atom is 0.0158 e. The Balaban J connectivity index is 0.000000413. The van der Waals surface area contributed by atoms with Crippen LogP contribution in [0.15, 0.2) is 218 Å². The van der Waals surface area contributed by atoms with Gasteiger partial charge in [-0.2, -0.15) is 0 Å². The third-order valence-electron chi connectivity index (χ3n) is 10.5. The van der Waals surface area contributed by atoms with Crippen molar-refractivity contribution in [1.29, 1.82) is 0 Å². The van der Waals surface area contributed by atoms with Crippen molar-refractivity contribution < 1.29 is 0 Å². The highest BCUT2D eigenvalue weighted by atomic mass is 14.4. The highest BCUT2D eigenvalue weighted by Crippen LogP contribution is 2.48. The zero-order chi connectivity index (χ0) is 51.2. The van der Waals surface area contributed by atoms with Gasteiger partial charge in [0.25, 0.3) is 0 Å². The Bertz CT molecular complexity index is 2630. The molecule has 10 rings (SSSR count). The molecule has 0 amide bonds. The molecule has 0 aliphatic heterocycles. The van der Waals surface area contributed by atoms with Gasteiger partial charge in [0.2, 0.25) is 0 Å². The van der Waals surface area contributed by atoms with Crippen LogP contribution in [0.1, 0.15) is 128 Å². The zero-order valence-corrected chi connectivity index (χ0v) is 45.5. The van der Waals surface area contributed by atoms with Gasteiger partial charge < -0.3 is 0 Å². The molecule has 0 N–H and O–H groups in total. The molecule has 1 aliphatic carbocycles. The van der Waals surface area contributed by atoms with Gasteiger partial charge in [0.05, 0.1) is 0 Å². The van der Waals surface area contributed by atoms with Gasteiger partial charge in [0, 0.05) is 5.41 Å². The van der Waals surface area contributed by atoms with E-state index in [1.54, 1.807) is 0 Å². The van der Waals surface area contributed by atoms with E-state index in [2.05, 4.69) is 261 Å². The molecule has 9 aromatic carbocycles. The van der Waals surface area contributed by atoms with Crippen molar-refractivity contribution in [3.8, 4) is 11.1 Å². The standard InChI is InChI=1S/C16H16.2C11H10.3C7H8.C5H12.C3H8.C2H6.CH4/c1-11-8-9-13-12-6-4-5-7-14(12)16(2,3)15(13)10-11;1-9-5-4-7-10-6-2-3-8-11(9)10;1-9-6-7-10-4-2-3-5-11(10)8-9;3*1-7-5-3-2-4-6-7;1-5(2,3)4;1-3-2;1-2;/h4-10H,1-3H3;2*2-8H,1H3;3*2-6H,1H3;1-4H3;3H2,1-2H3;1-2H3;1H4. The Labute approximate surface area is 428 Å². The zero-order valence-electron chi connectivity index (χ0n) is 45.5. The first-order valence-corrected chi connectivity index (χ1v) is 25.1. The number of hydrogen-bond donors (Lipinski definition) is 0. The highest BCUT2D eigenvalue weighted by Gasteiger charge is 2.34. The van der Waals surface area contributed by atoms with Crippen LogP contribution in [-0.4, -0.2) is 0 Å². The fraction of sp³-hybridized carbons (Fsp3) is 0.286. The van der Waals surface area contributed by atoms with Crippen molar-refractivity contribution in [3.63, 3.8) is 0 Å². The Hall–Kier alpha value is -6.50. The highest BCUT2D eigenvalue weighted by molar-refractivity contribution is 5.85. The van der Waals surface area contributed by atoms with Crippen molar-refractivity contribution in [2.45, 2.75) is 130 Å². The van der Waals surface area contributed by atoms with Gasteiger partial charge in [-0.25, -0.2) is 0 Å². The second-order valence-electron chi connectivity index (χ2n) is 19.5. The summed E-state index contributed by atoms with van der Waals surface area (Å²) in [4.78, 5) is 0. The van der Waals surface area contributed by atoms with Gasteiger partial charge in [-0.3, -0.25) is 0 Å². The lowest BCUT2D eigenvalue weighted by molar-refractivity contribution is 0.469. The lowest BCUT2D eigenvalue weighted by Crippen LogP contribution is -2.14. The molecule has 0 radical (unpaired) electrons. The molecule has 0 atom stereocenters. The maximum atomic E-state index is 2.33. The van der Waals surface area contributed by atoms with Crippen LogP contribution in [0.5, 0.6) is 0 Å². The van der Waals surface area contributed by atoms with Crippen LogP contribution in [0, 0.1) is 47.0 Å². The first kappa shape index (κ1) is 61.5. The van der Waals surface area contributed by atoms with E-state index in [0.29, 0.717) is 5.41 Å². The molecule has 0 saturated heterocycles. The third-order valence-corrected chi connectivity index (χ3v) is 10.5. The minimum Gasteiger partial charge on any atom is -0.0776 e. The molecule has 9 aromatic rings. The Kier molecular flexibility index (Phi) is 29.1. The molecule has 0 unspecified atom stereocenters. The van der Waals surface area contributed by atoms with E-state index >= 15 is 0 Å². The summed E-state index contributed by atoms with van der Waals surface area (Å²) in [6.45, 7) is 34.3. The summed E-state index contributed by atoms with van der Waals surface area (Å²) in [6, 6.07) is 76.1. The molecule has 0 heteroatoms. The van der Waals surface area contributed by atoms with Crippen molar-refractivity contribution in [1.82, 2.24) is 0 Å². The lowest BCUT2D eigenvalue weighted by Gasteiger charge is -2.21. The molecule has 0 spiro atoms. The van der Waals surface area contributed by atoms with Crippen LogP contribution in [0.3, 0.4) is 0 Å². The molecule has 370 valence electrons. The van der Waals surface area contributed by atoms with Gasteiger partial charge in [0.1, 0.15) is 0 Å². The molecule has 70 heavy (non-hydrogen) atoms. The average molecular weight is 931 g/mol. The largest absolute Gasteiger partial charge is 0.0776 e. The first-order valence-electron chi connectivity index (χ1n) is 25.1. The summed E-state index contributed by atoms with van der Waals surface area (Å²) in [6.07, 6.45) is 1.25. The number of fused-ring (bicyclic) bond motifs is 5. The van der Waals surface area contributed by atoms with Crippen molar-refractivity contribution >= 4 is 21.5 Å². The van der Waals surface area contributed by atoms with Crippen LogP contribution >= 0.6 is 0 Å². The quantitative estimate of drug-likeness (QED) is 0.142. The Morgan fingerprint density at radius 3 is 1.16 bits per heavy atom. The van der Waals surface area contributed by atoms with Crippen LogP contribution < -0.4 is 0 Å². The summed E-state index contributed by atoms with van der Waals surface area (Å²) < 4.78 is 0. The van der Waals surface area contributed by atoms with Gasteiger partial charge >= 0.3 is 0 Å². The second kappa shape index (κ2) is 33.1. The molecule has 0 heterocycles. The van der Waals surface area contributed by atoms with E-state index in [1.165, 1.54) is 83.6 Å². The summed E-state index contributed by atoms with van der Waals surface area (Å²) in [5, 5.41) is 5.33. The summed E-state index contributed by atoms with van der Waals surface area (Å²) in [7, 11) is 0. The van der Waals surface area contributed by atoms with Crippen LogP contribution in [-0.2, 0) is 5.41 Å². The van der Waals surface area contributed by atoms with Gasteiger partial charge in [-0.1, -0.05) is 329 Å². The monoisotopic (exact) mass is 931 g/mol. The van der Waals surface area contributed by atoms with Crippen LogP contribution in [0.4, 0.5) is 0 Å². The van der Waals surface area contributed by atoms with Crippen molar-refractivity contribution in [3.05, 3.63) is 263 Å². The molecule has 1 aliphatic rings. The van der Waals surface area contributed by atoms with Gasteiger partial charge in [-0.15, -0.1) is 0 Å². The van der Waals surface area contributed by atoms with E-state index in [4.69, 9.17) is 0 Å². The number of aryl methyl sites for hydroxylation is 6. The third kappa shape index (κ3) is 23.2. The van der Waals surface area contributed by atoms with Crippen LogP contribution in [0.25, 0.3) is 32.7 Å². The SMILES string of the molecule is C.CC.CC(C)(C)C.CCC.Cc1ccc2c(c1)C(C)(C)c1ccccc1-2.Cc1ccc2ccccc2c1.Cc1cccc2ccccc12.Cc1ccccc1.Cc1ccccc1.Cc1ccccc1. The molecule has 0 fully saturated rings. The summed E-state index contributed by atoms with van der Waals surface area (Å²) >= 11 is 0. The topological polar surface area (TPSA) is 0 Å². The molecule has 0 nitrogen and oxygen atoms in total. The fourth-order valence-electron chi connectivity index (χ4n) is 7.12. The summed E-state index contributed by atoms with van der Waals surface area (Å²) in [5.41, 5.74) is 14.4. The average Bonchev–Trinajstić information content (AvgIpc) is 3.56. The van der Waals surface area contributed by atoms with E-state index in [1.807, 2.05) is 68.4 Å². The second-order valence-corrected chi connectivity index (χ2v) is 19.5. The molecule has 0 bridgehead atoms. The molecule has 0 aromatic heterocycles. The van der Waals surface area contributed by atoms with E-state index < -0.39 is 0 Å².